The van der Waals surface area contributed by atoms with E-state index in [0.29, 0.717) is 29.1 Å². The molecule has 1 aliphatic rings. The maximum atomic E-state index is 12.8. The van der Waals surface area contributed by atoms with Crippen LogP contribution >= 0.6 is 23.2 Å². The first kappa shape index (κ1) is 24.1. The lowest BCUT2D eigenvalue weighted by Gasteiger charge is -2.12. The highest BCUT2D eigenvalue weighted by atomic mass is 35.5. The van der Waals surface area contributed by atoms with Crippen LogP contribution in [0.3, 0.4) is 0 Å². The molecule has 1 aromatic heterocycles. The van der Waals surface area contributed by atoms with Gasteiger partial charge in [-0.2, -0.15) is 5.10 Å². The summed E-state index contributed by atoms with van der Waals surface area (Å²) in [5.41, 5.74) is 2.97. The average molecular weight is 501 g/mol. The normalized spacial score (nSPS) is 13.6. The van der Waals surface area contributed by atoms with Crippen molar-refractivity contribution in [2.45, 2.75) is 44.9 Å². The summed E-state index contributed by atoms with van der Waals surface area (Å²) in [5, 5.41) is 11.1. The number of esters is 1. The van der Waals surface area contributed by atoms with Gasteiger partial charge in [-0.1, -0.05) is 54.2 Å². The van der Waals surface area contributed by atoms with Crippen molar-refractivity contribution in [3.63, 3.8) is 0 Å². The third kappa shape index (κ3) is 5.72. The molecule has 4 rings (SSSR count). The van der Waals surface area contributed by atoms with Gasteiger partial charge in [0.25, 0.3) is 0 Å². The van der Waals surface area contributed by atoms with Gasteiger partial charge in [0.2, 0.25) is 0 Å². The lowest BCUT2D eigenvalue weighted by Crippen LogP contribution is -2.21. The van der Waals surface area contributed by atoms with Crippen molar-refractivity contribution >= 4 is 46.7 Å². The van der Waals surface area contributed by atoms with Gasteiger partial charge >= 0.3 is 12.0 Å². The van der Waals surface area contributed by atoms with E-state index in [2.05, 4.69) is 10.6 Å². The minimum atomic E-state index is -0.456. The van der Waals surface area contributed by atoms with Gasteiger partial charge in [0.05, 0.1) is 40.1 Å². The Hall–Kier alpha value is -3.03. The second-order valence-electron chi connectivity index (χ2n) is 8.18. The number of nitrogens with one attached hydrogen (secondary N) is 2. The molecule has 3 aromatic rings. The monoisotopic (exact) mass is 500 g/mol. The fourth-order valence-corrected chi connectivity index (χ4v) is 4.46. The van der Waals surface area contributed by atoms with E-state index >= 15 is 0 Å². The van der Waals surface area contributed by atoms with Crippen molar-refractivity contribution in [3.8, 4) is 5.69 Å². The zero-order valence-electron chi connectivity index (χ0n) is 18.8. The molecule has 0 bridgehead atoms. The summed E-state index contributed by atoms with van der Waals surface area (Å²) >= 11 is 12.3. The smallest absolute Gasteiger partial charge is 0.324 e. The third-order valence-corrected chi connectivity index (χ3v) is 6.60. The first-order valence-corrected chi connectivity index (χ1v) is 12.1. The Morgan fingerprint density at radius 1 is 1.09 bits per heavy atom. The predicted molar refractivity (Wildman–Crippen MR) is 134 cm³/mol. The third-order valence-electron chi connectivity index (χ3n) is 5.78. The lowest BCUT2D eigenvalue weighted by atomic mass is 10.0. The molecule has 0 aliphatic heterocycles. The van der Waals surface area contributed by atoms with Crippen LogP contribution in [0.4, 0.5) is 16.3 Å². The number of ether oxygens (including phenoxy) is 1. The fourth-order valence-electron chi connectivity index (χ4n) is 4.11. The van der Waals surface area contributed by atoms with Gasteiger partial charge in [0.15, 0.2) is 0 Å². The number of hydrogen-bond donors (Lipinski definition) is 2. The van der Waals surface area contributed by atoms with E-state index in [1.54, 1.807) is 29.8 Å². The number of rotatable bonds is 7. The summed E-state index contributed by atoms with van der Waals surface area (Å²) < 4.78 is 6.73. The van der Waals surface area contributed by atoms with Gasteiger partial charge < -0.3 is 10.1 Å². The summed E-state index contributed by atoms with van der Waals surface area (Å²) in [7, 11) is 0. The number of benzene rings is 2. The number of carbonyl (C=O) groups is 2. The lowest BCUT2D eigenvalue weighted by molar-refractivity contribution is -0.142. The Morgan fingerprint density at radius 2 is 1.82 bits per heavy atom. The number of nitrogens with zero attached hydrogens (tertiary/aromatic N) is 2. The number of hydrogen-bond acceptors (Lipinski definition) is 4. The van der Waals surface area contributed by atoms with Crippen molar-refractivity contribution < 1.29 is 14.3 Å². The van der Waals surface area contributed by atoms with Crippen LogP contribution in [0.1, 0.15) is 49.8 Å². The van der Waals surface area contributed by atoms with Crippen molar-refractivity contribution in [3.05, 3.63) is 69.8 Å². The van der Waals surface area contributed by atoms with E-state index in [-0.39, 0.29) is 17.4 Å². The molecular weight excluding hydrogens is 475 g/mol. The highest BCUT2D eigenvalue weighted by molar-refractivity contribution is 6.44. The van der Waals surface area contributed by atoms with Crippen LogP contribution in [0.2, 0.25) is 10.0 Å². The average Bonchev–Trinajstić information content (AvgIpc) is 3.48. The second-order valence-corrected chi connectivity index (χ2v) is 8.96. The van der Waals surface area contributed by atoms with Crippen molar-refractivity contribution in [2.75, 3.05) is 17.2 Å². The first-order chi connectivity index (χ1) is 16.4. The molecule has 178 valence electrons. The number of halogens is 2. The van der Waals surface area contributed by atoms with Crippen LogP contribution in [0.5, 0.6) is 0 Å². The maximum Gasteiger partial charge on any atom is 0.324 e. The van der Waals surface area contributed by atoms with Crippen molar-refractivity contribution in [1.29, 1.82) is 0 Å². The number of urea groups is 1. The summed E-state index contributed by atoms with van der Waals surface area (Å²) in [4.78, 5) is 24.6. The van der Waals surface area contributed by atoms with Gasteiger partial charge in [-0.05, 0) is 49.6 Å². The molecule has 9 heteroatoms. The Balaban J connectivity index is 1.57. The minimum Gasteiger partial charge on any atom is -0.466 e. The molecule has 0 spiro atoms. The summed E-state index contributed by atoms with van der Waals surface area (Å²) in [6, 6.07) is 14.0. The quantitative estimate of drug-likeness (QED) is 0.358. The van der Waals surface area contributed by atoms with Gasteiger partial charge in [-0.25, -0.2) is 9.48 Å². The molecule has 2 N–H and O–H groups in total. The topological polar surface area (TPSA) is 85.2 Å². The molecule has 2 amide bonds. The van der Waals surface area contributed by atoms with E-state index in [9.17, 15) is 9.59 Å². The Bertz CT molecular complexity index is 1170. The zero-order chi connectivity index (χ0) is 24.1. The van der Waals surface area contributed by atoms with E-state index in [4.69, 9.17) is 33.0 Å². The first-order valence-electron chi connectivity index (χ1n) is 11.3. The number of aromatic nitrogens is 2. The molecule has 0 saturated heterocycles. The molecule has 34 heavy (non-hydrogen) atoms. The summed E-state index contributed by atoms with van der Waals surface area (Å²) in [6.45, 7) is 2.14. The molecular formula is C25H26Cl2N4O3. The number of amides is 2. The second kappa shape index (κ2) is 10.9. The molecule has 2 aromatic carbocycles. The fraction of sp³-hybridized carbons (Fsp3) is 0.320. The van der Waals surface area contributed by atoms with E-state index in [1.807, 2.05) is 30.3 Å². The van der Waals surface area contributed by atoms with Crippen LogP contribution in [-0.2, 0) is 16.0 Å². The highest BCUT2D eigenvalue weighted by Gasteiger charge is 2.23. The van der Waals surface area contributed by atoms with E-state index < -0.39 is 6.03 Å². The van der Waals surface area contributed by atoms with E-state index in [0.717, 1.165) is 29.8 Å². The molecule has 1 aliphatic carbocycles. The van der Waals surface area contributed by atoms with Crippen LogP contribution in [0.15, 0.2) is 48.5 Å². The Labute approximate surface area is 208 Å². The Morgan fingerprint density at radius 3 is 2.53 bits per heavy atom. The zero-order valence-corrected chi connectivity index (χ0v) is 20.3. The molecule has 1 saturated carbocycles. The SMILES string of the molecule is CCOC(=O)Cc1ccc(-n2nc(C3CCCC3)cc2NC(=O)Nc2cccc(Cl)c2Cl)cc1. The van der Waals surface area contributed by atoms with Crippen molar-refractivity contribution in [1.82, 2.24) is 9.78 Å². The van der Waals surface area contributed by atoms with Crippen molar-refractivity contribution in [2.24, 2.45) is 0 Å². The van der Waals surface area contributed by atoms with Crippen LogP contribution in [-0.4, -0.2) is 28.4 Å². The summed E-state index contributed by atoms with van der Waals surface area (Å²) in [6.07, 6.45) is 4.72. The van der Waals surface area contributed by atoms with Crippen LogP contribution in [0.25, 0.3) is 5.69 Å². The van der Waals surface area contributed by atoms with Crippen LogP contribution in [0, 0.1) is 0 Å². The molecule has 1 fully saturated rings. The summed E-state index contributed by atoms with van der Waals surface area (Å²) in [5.74, 6) is 0.641. The minimum absolute atomic E-state index is 0.203. The molecule has 0 atom stereocenters. The maximum absolute atomic E-state index is 12.8. The molecule has 0 radical (unpaired) electrons. The Kier molecular flexibility index (Phi) is 7.75. The largest absolute Gasteiger partial charge is 0.466 e. The number of anilines is 2. The predicted octanol–water partition coefficient (Wildman–Crippen LogP) is 6.59. The van der Waals surface area contributed by atoms with Crippen LogP contribution < -0.4 is 10.6 Å². The molecule has 1 heterocycles. The van der Waals surface area contributed by atoms with Gasteiger partial charge in [0.1, 0.15) is 5.82 Å². The molecule has 0 unspecified atom stereocenters. The van der Waals surface area contributed by atoms with Gasteiger partial charge in [0, 0.05) is 12.0 Å². The van der Waals surface area contributed by atoms with E-state index in [1.165, 1.54) is 12.8 Å². The van der Waals surface area contributed by atoms with Gasteiger partial charge in [-0.3, -0.25) is 10.1 Å². The molecule has 7 nitrogen and oxygen atoms in total. The standard InChI is InChI=1S/C25H26Cl2N4O3/c1-2-34-23(32)14-16-10-12-18(13-11-16)31-22(15-21(30-31)17-6-3-4-7-17)29-25(33)28-20-9-5-8-19(26)24(20)27/h5,8-13,15,17H,2-4,6-7,14H2,1H3,(H2,28,29,33). The highest BCUT2D eigenvalue weighted by Crippen LogP contribution is 2.35. The van der Waals surface area contributed by atoms with Gasteiger partial charge in [-0.15, -0.1) is 0 Å². The number of carbonyl (C=O) groups excluding carboxylic acids is 2.